The predicted octanol–water partition coefficient (Wildman–Crippen LogP) is 15.5. The fourth-order valence-corrected chi connectivity index (χ4v) is 16.1. The Kier molecular flexibility index (Phi) is 25.4. The summed E-state index contributed by atoms with van der Waals surface area (Å²) >= 11 is 1.14. The number of rotatable bonds is 19. The third kappa shape index (κ3) is 17.5. The molecule has 2 fully saturated rings. The lowest BCUT2D eigenvalue weighted by atomic mass is 9.59. The second-order valence-corrected chi connectivity index (χ2v) is 33.1. The number of carboxylic acid groups (broad SMARTS) is 1. The summed E-state index contributed by atoms with van der Waals surface area (Å²) < 4.78 is 27.5. The van der Waals surface area contributed by atoms with Gasteiger partial charge in [0.15, 0.2) is 6.73 Å². The number of carbonyl (C=O) groups excluding carboxylic acids is 6. The molecule has 2 aromatic rings. The number of cyclic esters (lactones) is 1. The summed E-state index contributed by atoms with van der Waals surface area (Å²) in [5.41, 5.74) is -1.62. The first-order chi connectivity index (χ1) is 41.7. The van der Waals surface area contributed by atoms with Gasteiger partial charge in [0.25, 0.3) is 5.91 Å². The summed E-state index contributed by atoms with van der Waals surface area (Å²) in [6, 6.07) is 0. The lowest BCUT2D eigenvalue weighted by Crippen LogP contribution is -2.49. The number of hydrogen-bond donors (Lipinski definition) is 3. The number of aromatic amines is 1. The van der Waals surface area contributed by atoms with E-state index in [4.69, 9.17) is 23.9 Å². The minimum absolute atomic E-state index is 0.00186. The van der Waals surface area contributed by atoms with Crippen molar-refractivity contribution in [1.29, 1.82) is 0 Å². The van der Waals surface area contributed by atoms with Crippen molar-refractivity contribution in [2.24, 2.45) is 73.0 Å². The van der Waals surface area contributed by atoms with Gasteiger partial charge in [0.2, 0.25) is 5.91 Å². The van der Waals surface area contributed by atoms with Crippen molar-refractivity contribution in [3.8, 4) is 0 Å². The van der Waals surface area contributed by atoms with Gasteiger partial charge in [-0.2, -0.15) is 4.99 Å². The highest BCUT2D eigenvalue weighted by molar-refractivity contribution is 8.00. The molecular formula is C73H116N4O12S. The highest BCUT2D eigenvalue weighted by Gasteiger charge is 2.51. The molecule has 2 aromatic heterocycles. The summed E-state index contributed by atoms with van der Waals surface area (Å²) in [6.45, 7) is 49.3. The molecule has 506 valence electrons. The van der Waals surface area contributed by atoms with Gasteiger partial charge >= 0.3 is 29.8 Å². The van der Waals surface area contributed by atoms with Gasteiger partial charge in [0.1, 0.15) is 39.9 Å². The largest absolute Gasteiger partial charge is 0.481 e. The smallest absolute Gasteiger partial charge is 0.342 e. The highest BCUT2D eigenvalue weighted by atomic mass is 32.2. The first-order valence-corrected chi connectivity index (χ1v) is 34.9. The van der Waals surface area contributed by atoms with Gasteiger partial charge in [-0.15, -0.1) is 11.8 Å². The van der Waals surface area contributed by atoms with Crippen LogP contribution in [-0.2, 0) is 49.7 Å². The van der Waals surface area contributed by atoms with Crippen molar-refractivity contribution in [3.05, 3.63) is 51.4 Å². The Balaban J connectivity index is 2.04. The zero-order chi connectivity index (χ0) is 68.0. The number of carboxylic acids is 1. The number of nitrogens with zero attached hydrogens (tertiary/aromatic N) is 2. The summed E-state index contributed by atoms with van der Waals surface area (Å²) in [5.74, 6) is -4.77. The molecule has 90 heavy (non-hydrogen) atoms. The van der Waals surface area contributed by atoms with Crippen LogP contribution in [0.25, 0.3) is 6.08 Å². The van der Waals surface area contributed by atoms with Crippen molar-refractivity contribution in [2.75, 3.05) is 17.7 Å². The van der Waals surface area contributed by atoms with Crippen LogP contribution in [0.15, 0.2) is 17.6 Å². The number of hydrogen-bond acceptors (Lipinski definition) is 12. The van der Waals surface area contributed by atoms with E-state index in [1.165, 1.54) is 0 Å². The second kappa shape index (κ2) is 30.3. The monoisotopic (exact) mass is 1270 g/mol. The van der Waals surface area contributed by atoms with E-state index in [1.54, 1.807) is 10.6 Å². The summed E-state index contributed by atoms with van der Waals surface area (Å²) in [6.07, 6.45) is 7.61. The van der Waals surface area contributed by atoms with Crippen LogP contribution in [0.3, 0.4) is 0 Å². The summed E-state index contributed by atoms with van der Waals surface area (Å²) in [7, 11) is 0. The molecule has 5 unspecified atom stereocenters. The molecule has 17 heteroatoms. The van der Waals surface area contributed by atoms with Gasteiger partial charge < -0.3 is 34.4 Å². The van der Waals surface area contributed by atoms with Crippen LogP contribution in [-0.4, -0.2) is 86.1 Å². The number of esters is 4. The summed E-state index contributed by atoms with van der Waals surface area (Å²) in [5, 5.41) is 12.7. The lowest BCUT2D eigenvalue weighted by molar-refractivity contribution is -0.149. The number of amides is 2. The molecule has 0 aromatic carbocycles. The number of nitrogens with one attached hydrogen (secondary N) is 2. The van der Waals surface area contributed by atoms with Crippen molar-refractivity contribution >= 4 is 65.3 Å². The fourth-order valence-electron chi connectivity index (χ4n) is 15.0. The molecule has 0 radical (unpaired) electrons. The standard InChI is InChI=1S/C73H116N4O12S/c1-24-54(80)86-33-29-31-72(25-2,26-3)67(85)76-62-58(65(83)89-60-48(70(18,19)20)37-45(11)38-49(60)71(21,22)23)56(43(8)9)51-39-50-55(42(6)7)57(64(82)88-59-46(68(12,13)14)35-44(10)36-47(59)69(15,16)17)61(74-50)75-66(84)73(27-4,28-5)32-30-34-90-52(40-53(78)79)63(81)87-41-77(51)62/h24,39,42-49,52,59-60H,1,25-38,40-41H2,2-23H3,(H,76,85)(H,78,79)(H,74,75,84). The number of anilines is 1. The molecule has 0 saturated heterocycles. The molecular weight excluding hydrogens is 1160 g/mol. The van der Waals surface area contributed by atoms with Gasteiger partial charge in [0, 0.05) is 40.5 Å². The van der Waals surface area contributed by atoms with E-state index in [1.807, 2.05) is 55.4 Å². The molecule has 3 heterocycles. The average Bonchev–Trinajstić information content (AvgIpc) is 1.53. The van der Waals surface area contributed by atoms with Crippen molar-refractivity contribution < 1.29 is 57.6 Å². The number of fused-ring (bicyclic) bond motifs is 3. The zero-order valence-electron chi connectivity index (χ0n) is 59.3. The van der Waals surface area contributed by atoms with E-state index in [2.05, 4.69) is 114 Å². The van der Waals surface area contributed by atoms with Gasteiger partial charge in [-0.1, -0.05) is 159 Å². The molecule has 16 nitrogen and oxygen atoms in total. The number of aromatic nitrogens is 2. The van der Waals surface area contributed by atoms with Crippen LogP contribution in [0.2, 0.25) is 0 Å². The van der Waals surface area contributed by atoms with Crippen LogP contribution < -0.4 is 16.2 Å². The second-order valence-electron chi connectivity index (χ2n) is 31.8. The first kappa shape index (κ1) is 75.5. The van der Waals surface area contributed by atoms with Crippen molar-refractivity contribution in [1.82, 2.24) is 9.55 Å². The minimum Gasteiger partial charge on any atom is -0.481 e. The van der Waals surface area contributed by atoms with Crippen LogP contribution in [0, 0.1) is 68.0 Å². The van der Waals surface area contributed by atoms with E-state index >= 15 is 19.2 Å². The Labute approximate surface area is 543 Å². The number of ether oxygens (including phenoxy) is 4. The number of thioether (sulfide) groups is 1. The maximum atomic E-state index is 16.3. The van der Waals surface area contributed by atoms with Gasteiger partial charge in [0.05, 0.1) is 24.1 Å². The molecule has 2 saturated carbocycles. The third-order valence-corrected chi connectivity index (χ3v) is 22.0. The summed E-state index contributed by atoms with van der Waals surface area (Å²) in [4.78, 5) is 111. The molecule has 5 rings (SSSR count). The quantitative estimate of drug-likeness (QED) is 0.0516. The van der Waals surface area contributed by atoms with Gasteiger partial charge in [-0.3, -0.25) is 23.7 Å². The van der Waals surface area contributed by atoms with Crippen LogP contribution >= 0.6 is 11.8 Å². The molecule has 3 aliphatic rings. The van der Waals surface area contributed by atoms with E-state index < -0.39 is 94.9 Å². The molecule has 2 aliphatic carbocycles. The van der Waals surface area contributed by atoms with Gasteiger partial charge in [-0.25, -0.2) is 14.4 Å². The maximum Gasteiger partial charge on any atom is 0.342 e. The Bertz CT molecular complexity index is 2970. The van der Waals surface area contributed by atoms with Crippen molar-refractivity contribution in [2.45, 2.75) is 272 Å². The van der Waals surface area contributed by atoms with E-state index in [-0.39, 0.29) is 74.4 Å². The maximum absolute atomic E-state index is 16.3. The first-order valence-electron chi connectivity index (χ1n) is 33.8. The SMILES string of the molecule is C=CC(=O)OCCCC(CC)(CC)C(=O)Nc1c(C(=O)OC2C(C(C)(C)C)CC(C)CC2C(C)(C)C)c(C(C)C)c2n1COC(=O)C(CC(=O)O)SCCCC(CC)(CC)C(=O)N=c1[nH]c(c(C(C)C)c1C(=O)OC1C(C(C)(C)C)CC(C)CC1C(C)(C)C)=C2. The van der Waals surface area contributed by atoms with Crippen LogP contribution in [0.5, 0.6) is 0 Å². The minimum atomic E-state index is -1.21. The Morgan fingerprint density at radius 1 is 0.778 bits per heavy atom. The Morgan fingerprint density at radius 3 is 1.68 bits per heavy atom. The number of aliphatic carboxylic acids is 1. The topological polar surface area (TPSA) is 222 Å². The normalized spacial score (nSPS) is 24.2. The highest BCUT2D eigenvalue weighted by Crippen LogP contribution is 2.52. The fraction of sp³-hybridized carbons (Fsp3) is 0.753. The average molecular weight is 1270 g/mol. The molecule has 3 N–H and O–H groups in total. The van der Waals surface area contributed by atoms with E-state index in [0.717, 1.165) is 43.5 Å². The van der Waals surface area contributed by atoms with E-state index in [0.29, 0.717) is 91.1 Å². The Hall–Kier alpha value is -5.19. The van der Waals surface area contributed by atoms with Crippen LogP contribution in [0.4, 0.5) is 5.82 Å². The third-order valence-electron chi connectivity index (χ3n) is 20.8. The lowest BCUT2D eigenvalue weighted by Gasteiger charge is -2.50. The molecule has 0 spiro atoms. The van der Waals surface area contributed by atoms with Crippen LogP contribution in [0.1, 0.15) is 285 Å². The molecule has 2 bridgehead atoms. The van der Waals surface area contributed by atoms with Crippen molar-refractivity contribution in [3.63, 3.8) is 0 Å². The van der Waals surface area contributed by atoms with E-state index in [9.17, 15) is 19.5 Å². The molecule has 1 aliphatic heterocycles. The number of H-pyrrole nitrogens is 1. The predicted molar refractivity (Wildman–Crippen MR) is 359 cm³/mol. The zero-order valence-corrected chi connectivity index (χ0v) is 60.1. The molecule has 5 atom stereocenters. The number of carbonyl (C=O) groups is 7. The Morgan fingerprint density at radius 2 is 1.26 bits per heavy atom. The molecule has 2 amide bonds. The van der Waals surface area contributed by atoms with Gasteiger partial charge in [-0.05, 0) is 145 Å².